The molecule has 1 aliphatic rings. The molecule has 1 fully saturated rings. The summed E-state index contributed by atoms with van der Waals surface area (Å²) in [5.41, 5.74) is 1.18. The molecule has 3 aromatic rings. The first-order chi connectivity index (χ1) is 16.6. The Hall–Kier alpha value is -3.04. The molecule has 2 atom stereocenters. The van der Waals surface area contributed by atoms with Crippen molar-refractivity contribution in [2.75, 3.05) is 11.9 Å². The van der Waals surface area contributed by atoms with E-state index in [4.69, 9.17) is 11.6 Å². The first-order valence-corrected chi connectivity index (χ1v) is 11.8. The highest BCUT2D eigenvalue weighted by atomic mass is 35.5. The Bertz CT molecular complexity index is 1250. The van der Waals surface area contributed by atoms with Gasteiger partial charge in [0.25, 0.3) is 0 Å². The molecule has 0 amide bonds. The van der Waals surface area contributed by atoms with Gasteiger partial charge in [-0.05, 0) is 58.4 Å². The van der Waals surface area contributed by atoms with Crippen molar-refractivity contribution in [3.8, 4) is 0 Å². The van der Waals surface area contributed by atoms with Gasteiger partial charge in [0.1, 0.15) is 17.5 Å². The molecule has 0 saturated carbocycles. The predicted octanol–water partition coefficient (Wildman–Crippen LogP) is 5.39. The molecule has 35 heavy (non-hydrogen) atoms. The van der Waals surface area contributed by atoms with Crippen LogP contribution in [0.1, 0.15) is 42.3 Å². The largest absolute Gasteiger partial charge is 0.481 e. The minimum Gasteiger partial charge on any atom is -0.481 e. The highest BCUT2D eigenvalue weighted by Crippen LogP contribution is 2.39. The molecule has 10 heteroatoms. The number of aryl methyl sites for hydroxylation is 1. The first-order valence-electron chi connectivity index (χ1n) is 11.4. The summed E-state index contributed by atoms with van der Waals surface area (Å²) in [4.78, 5) is 18.9. The highest BCUT2D eigenvalue weighted by molar-refractivity contribution is 6.30. The Kier molecular flexibility index (Phi) is 7.10. The van der Waals surface area contributed by atoms with E-state index >= 15 is 0 Å². The molecule has 186 valence electrons. The van der Waals surface area contributed by atoms with Crippen LogP contribution >= 0.6 is 11.6 Å². The van der Waals surface area contributed by atoms with Gasteiger partial charge in [0.05, 0.1) is 16.1 Å². The van der Waals surface area contributed by atoms with Crippen LogP contribution in [-0.4, -0.2) is 43.7 Å². The van der Waals surface area contributed by atoms with E-state index in [9.17, 15) is 18.7 Å². The zero-order valence-electron chi connectivity index (χ0n) is 19.8. The number of aliphatic carboxylic acids is 1. The van der Waals surface area contributed by atoms with E-state index in [0.717, 1.165) is 11.3 Å². The third-order valence-electron chi connectivity index (χ3n) is 6.97. The number of anilines is 2. The molecule has 0 radical (unpaired) electrons. The molecule has 3 heterocycles. The Balaban J connectivity index is 1.53. The number of aromatic amines is 1. The number of hydrogen-bond donors (Lipinski definition) is 3. The number of halogens is 3. The number of carbonyl (C=O) groups is 1. The third-order valence-corrected chi connectivity index (χ3v) is 7.26. The van der Waals surface area contributed by atoms with Gasteiger partial charge < -0.3 is 10.4 Å². The van der Waals surface area contributed by atoms with Crippen LogP contribution in [0.25, 0.3) is 0 Å². The molecule has 7 nitrogen and oxygen atoms in total. The molecule has 3 N–H and O–H groups in total. The summed E-state index contributed by atoms with van der Waals surface area (Å²) in [6.45, 7) is 6.43. The fraction of sp³-hybridized carbons (Fsp3) is 0.400. The molecule has 0 bridgehead atoms. The highest BCUT2D eigenvalue weighted by Gasteiger charge is 2.45. The van der Waals surface area contributed by atoms with Crippen molar-refractivity contribution in [1.82, 2.24) is 20.1 Å². The number of aromatic nitrogens is 3. The SMILES string of the molecule is Cc1[nH]nc(Nc2ccc(F)c(CC3(C(=O)O)CCN(Cc4cccc(Cl)c4F)C(C)C3)n2)c1C. The monoisotopic (exact) mass is 503 g/mol. The van der Waals surface area contributed by atoms with E-state index in [2.05, 4.69) is 20.5 Å². The summed E-state index contributed by atoms with van der Waals surface area (Å²) in [5, 5.41) is 20.4. The summed E-state index contributed by atoms with van der Waals surface area (Å²) in [5.74, 6) is -1.04. The number of pyridine rings is 1. The number of carboxylic acids is 1. The summed E-state index contributed by atoms with van der Waals surface area (Å²) >= 11 is 5.91. The average molecular weight is 504 g/mol. The van der Waals surface area contributed by atoms with E-state index in [1.165, 1.54) is 18.2 Å². The number of piperidine rings is 1. The fourth-order valence-corrected chi connectivity index (χ4v) is 4.85. The van der Waals surface area contributed by atoms with E-state index in [-0.39, 0.29) is 36.0 Å². The second kappa shape index (κ2) is 9.91. The van der Waals surface area contributed by atoms with Crippen LogP contribution in [0, 0.1) is 30.9 Å². The smallest absolute Gasteiger partial charge is 0.310 e. The number of carboxylic acid groups (broad SMARTS) is 1. The minimum atomic E-state index is -1.19. The van der Waals surface area contributed by atoms with Gasteiger partial charge in [0.15, 0.2) is 5.82 Å². The van der Waals surface area contributed by atoms with Crippen LogP contribution in [0.15, 0.2) is 30.3 Å². The number of rotatable bonds is 7. The molecule has 2 unspecified atom stereocenters. The maximum Gasteiger partial charge on any atom is 0.310 e. The van der Waals surface area contributed by atoms with Crippen LogP contribution in [0.4, 0.5) is 20.4 Å². The molecule has 4 rings (SSSR count). The fourth-order valence-electron chi connectivity index (χ4n) is 4.66. The molecular formula is C25H28ClF2N5O2. The lowest BCUT2D eigenvalue weighted by Gasteiger charge is -2.43. The Morgan fingerprint density at radius 2 is 2.09 bits per heavy atom. The average Bonchev–Trinajstić information content (AvgIpc) is 3.12. The van der Waals surface area contributed by atoms with Gasteiger partial charge in [0.2, 0.25) is 0 Å². The lowest BCUT2D eigenvalue weighted by molar-refractivity contribution is -0.153. The zero-order valence-corrected chi connectivity index (χ0v) is 20.6. The van der Waals surface area contributed by atoms with Crippen LogP contribution < -0.4 is 5.32 Å². The Morgan fingerprint density at radius 1 is 1.31 bits per heavy atom. The van der Waals surface area contributed by atoms with Crippen molar-refractivity contribution in [3.63, 3.8) is 0 Å². The van der Waals surface area contributed by atoms with E-state index < -0.39 is 23.0 Å². The third kappa shape index (κ3) is 5.16. The van der Waals surface area contributed by atoms with Gasteiger partial charge in [-0.1, -0.05) is 23.7 Å². The number of H-pyrrole nitrogens is 1. The Morgan fingerprint density at radius 3 is 2.74 bits per heavy atom. The molecule has 0 spiro atoms. The van der Waals surface area contributed by atoms with Gasteiger partial charge in [-0.15, -0.1) is 0 Å². The van der Waals surface area contributed by atoms with Crippen molar-refractivity contribution >= 4 is 29.2 Å². The van der Waals surface area contributed by atoms with Gasteiger partial charge >= 0.3 is 5.97 Å². The van der Waals surface area contributed by atoms with Gasteiger partial charge in [-0.25, -0.2) is 13.8 Å². The van der Waals surface area contributed by atoms with Crippen LogP contribution in [0.5, 0.6) is 0 Å². The second-order valence-corrected chi connectivity index (χ2v) is 9.73. The number of nitrogens with zero attached hydrogens (tertiary/aromatic N) is 3. The van der Waals surface area contributed by atoms with Crippen molar-refractivity contribution in [1.29, 1.82) is 0 Å². The van der Waals surface area contributed by atoms with Crippen LogP contribution in [0.2, 0.25) is 5.02 Å². The molecule has 1 saturated heterocycles. The summed E-state index contributed by atoms with van der Waals surface area (Å²) in [6, 6.07) is 7.48. The van der Waals surface area contributed by atoms with Crippen LogP contribution in [-0.2, 0) is 17.8 Å². The quantitative estimate of drug-likeness (QED) is 0.400. The predicted molar refractivity (Wildman–Crippen MR) is 130 cm³/mol. The van der Waals surface area contributed by atoms with Crippen molar-refractivity contribution in [2.24, 2.45) is 5.41 Å². The lowest BCUT2D eigenvalue weighted by Crippen LogP contribution is -2.50. The Labute approximate surface area is 207 Å². The van der Waals surface area contributed by atoms with Gasteiger partial charge in [0, 0.05) is 35.8 Å². The summed E-state index contributed by atoms with van der Waals surface area (Å²) in [7, 11) is 0. The summed E-state index contributed by atoms with van der Waals surface area (Å²) < 4.78 is 29.2. The maximum absolute atomic E-state index is 14.8. The molecular weight excluding hydrogens is 476 g/mol. The van der Waals surface area contributed by atoms with E-state index in [1.807, 2.05) is 25.7 Å². The normalized spacial score (nSPS) is 20.7. The first kappa shape index (κ1) is 25.1. The van der Waals surface area contributed by atoms with Crippen molar-refractivity contribution in [2.45, 2.75) is 52.6 Å². The van der Waals surface area contributed by atoms with Crippen LogP contribution in [0.3, 0.4) is 0 Å². The van der Waals surface area contributed by atoms with E-state index in [0.29, 0.717) is 30.3 Å². The second-order valence-electron chi connectivity index (χ2n) is 9.32. The topological polar surface area (TPSA) is 94.1 Å². The van der Waals surface area contributed by atoms with Gasteiger partial charge in [-0.2, -0.15) is 5.10 Å². The summed E-state index contributed by atoms with van der Waals surface area (Å²) in [6.07, 6.45) is 0.512. The van der Waals surface area contributed by atoms with E-state index in [1.54, 1.807) is 12.1 Å². The van der Waals surface area contributed by atoms with Crippen molar-refractivity contribution in [3.05, 3.63) is 69.5 Å². The molecule has 0 aliphatic carbocycles. The lowest BCUT2D eigenvalue weighted by atomic mass is 9.72. The molecule has 2 aromatic heterocycles. The number of likely N-dealkylation sites (tertiary alicyclic amines) is 1. The maximum atomic E-state index is 14.8. The standard InChI is InChI=1S/C25H28ClF2N5O2/c1-14-11-25(24(34)35,9-10-33(14)13-17-5-4-6-18(26)22(17)28)12-20-19(27)7-8-21(29-20)30-23-15(2)16(3)31-32-23/h4-8,14H,9-13H2,1-3H3,(H,34,35)(H2,29,30,31,32). The number of nitrogens with one attached hydrogen (secondary N) is 2. The number of hydrogen-bond acceptors (Lipinski definition) is 5. The molecule has 1 aromatic carbocycles. The zero-order chi connectivity index (χ0) is 25.3. The minimum absolute atomic E-state index is 0.0496. The molecule has 1 aliphatic heterocycles. The van der Waals surface area contributed by atoms with Crippen molar-refractivity contribution < 1.29 is 18.7 Å². The van der Waals surface area contributed by atoms with Gasteiger partial charge in [-0.3, -0.25) is 14.8 Å². The number of benzene rings is 1.